The first kappa shape index (κ1) is 8.76. The fraction of sp³-hybridized carbons (Fsp3) is 0. The Hall–Kier alpha value is -1.33. The molecule has 0 N–H and O–H groups in total. The summed E-state index contributed by atoms with van der Waals surface area (Å²) in [5.41, 5.74) is 0.512. The zero-order chi connectivity index (χ0) is 8.97. The molecule has 0 aromatic heterocycles. The Morgan fingerprint density at radius 2 is 2.33 bits per heavy atom. The van der Waals surface area contributed by atoms with Crippen molar-refractivity contribution in [1.82, 2.24) is 0 Å². The van der Waals surface area contributed by atoms with Gasteiger partial charge in [-0.15, -0.1) is 0 Å². The first-order valence-corrected chi connectivity index (χ1v) is 3.63. The summed E-state index contributed by atoms with van der Waals surface area (Å²) in [5.74, 6) is -0.364. The molecular formula is C9H5ClFN. The van der Waals surface area contributed by atoms with Crippen molar-refractivity contribution < 1.29 is 4.39 Å². The van der Waals surface area contributed by atoms with Crippen LogP contribution in [0.5, 0.6) is 0 Å². The van der Waals surface area contributed by atoms with Gasteiger partial charge in [-0.2, -0.15) is 5.26 Å². The van der Waals surface area contributed by atoms with E-state index in [1.807, 2.05) is 0 Å². The molecule has 1 rings (SSSR count). The lowest BCUT2D eigenvalue weighted by Gasteiger charge is -1.95. The molecule has 0 fully saturated rings. The molecule has 1 nitrogen and oxygen atoms in total. The van der Waals surface area contributed by atoms with Gasteiger partial charge in [0.1, 0.15) is 5.82 Å². The van der Waals surface area contributed by atoms with Gasteiger partial charge in [0.25, 0.3) is 0 Å². The summed E-state index contributed by atoms with van der Waals surface area (Å²) in [4.78, 5) is 0. The van der Waals surface area contributed by atoms with Crippen molar-refractivity contribution in [2.45, 2.75) is 0 Å². The van der Waals surface area contributed by atoms with Crippen LogP contribution < -0.4 is 0 Å². The van der Waals surface area contributed by atoms with Crippen LogP contribution in [-0.4, -0.2) is 0 Å². The summed E-state index contributed by atoms with van der Waals surface area (Å²) in [7, 11) is 0. The molecule has 12 heavy (non-hydrogen) atoms. The van der Waals surface area contributed by atoms with Crippen LogP contribution >= 0.6 is 11.6 Å². The first-order valence-electron chi connectivity index (χ1n) is 3.25. The predicted octanol–water partition coefficient (Wildman–Crippen LogP) is 2.93. The van der Waals surface area contributed by atoms with Crippen molar-refractivity contribution in [1.29, 1.82) is 5.26 Å². The standard InChI is InChI=1S/C9H5ClFN/c10-9(4-5-12)7-2-1-3-8(11)6-7/h1-4,6H. The number of hydrogen-bond donors (Lipinski definition) is 0. The largest absolute Gasteiger partial charge is 0.207 e. The Balaban J connectivity index is 3.05. The number of halogens is 2. The lowest BCUT2D eigenvalue weighted by molar-refractivity contribution is 0.627. The summed E-state index contributed by atoms with van der Waals surface area (Å²) in [6.45, 7) is 0. The van der Waals surface area contributed by atoms with Gasteiger partial charge in [-0.3, -0.25) is 0 Å². The van der Waals surface area contributed by atoms with E-state index in [0.717, 1.165) is 6.08 Å². The minimum absolute atomic E-state index is 0.247. The molecule has 0 saturated heterocycles. The lowest BCUT2D eigenvalue weighted by atomic mass is 10.2. The fourth-order valence-corrected chi connectivity index (χ4v) is 0.943. The van der Waals surface area contributed by atoms with Crippen LogP contribution in [0.3, 0.4) is 0 Å². The summed E-state index contributed by atoms with van der Waals surface area (Å²) in [6, 6.07) is 7.54. The number of benzene rings is 1. The summed E-state index contributed by atoms with van der Waals surface area (Å²) < 4.78 is 12.6. The minimum Gasteiger partial charge on any atom is -0.207 e. The van der Waals surface area contributed by atoms with Gasteiger partial charge in [0.15, 0.2) is 0 Å². The van der Waals surface area contributed by atoms with E-state index < -0.39 is 0 Å². The molecular weight excluding hydrogens is 177 g/mol. The maximum Gasteiger partial charge on any atom is 0.123 e. The Labute approximate surface area is 74.7 Å². The van der Waals surface area contributed by atoms with Crippen LogP contribution in [0.4, 0.5) is 4.39 Å². The van der Waals surface area contributed by atoms with E-state index in [4.69, 9.17) is 16.9 Å². The second-order valence-corrected chi connectivity index (χ2v) is 2.54. The highest BCUT2D eigenvalue weighted by molar-refractivity contribution is 6.48. The monoisotopic (exact) mass is 181 g/mol. The molecule has 0 aliphatic rings. The van der Waals surface area contributed by atoms with Gasteiger partial charge in [-0.1, -0.05) is 23.7 Å². The van der Waals surface area contributed by atoms with Crippen molar-refractivity contribution in [2.24, 2.45) is 0 Å². The van der Waals surface area contributed by atoms with Gasteiger partial charge < -0.3 is 0 Å². The third-order valence-corrected chi connectivity index (χ3v) is 1.62. The van der Waals surface area contributed by atoms with Crippen molar-refractivity contribution in [3.8, 4) is 6.07 Å². The SMILES string of the molecule is N#CC=C(Cl)c1cccc(F)c1. The van der Waals surface area contributed by atoms with Crippen LogP contribution in [0.25, 0.3) is 5.03 Å². The quantitative estimate of drug-likeness (QED) is 0.611. The molecule has 0 radical (unpaired) electrons. The van der Waals surface area contributed by atoms with Crippen molar-refractivity contribution in [2.75, 3.05) is 0 Å². The smallest absolute Gasteiger partial charge is 0.123 e. The molecule has 0 aliphatic carbocycles. The molecule has 0 amide bonds. The lowest BCUT2D eigenvalue weighted by Crippen LogP contribution is -1.78. The van der Waals surface area contributed by atoms with E-state index in [0.29, 0.717) is 5.56 Å². The first-order chi connectivity index (χ1) is 5.74. The van der Waals surface area contributed by atoms with Crippen molar-refractivity contribution in [3.05, 3.63) is 41.7 Å². The van der Waals surface area contributed by atoms with E-state index >= 15 is 0 Å². The molecule has 0 spiro atoms. The Morgan fingerprint density at radius 1 is 1.58 bits per heavy atom. The van der Waals surface area contributed by atoms with Crippen LogP contribution in [0, 0.1) is 17.1 Å². The second kappa shape index (κ2) is 3.89. The molecule has 0 atom stereocenters. The number of allylic oxidation sites excluding steroid dienone is 1. The maximum absolute atomic E-state index is 12.6. The maximum atomic E-state index is 12.6. The van der Waals surface area contributed by atoms with Crippen LogP contribution in [0.2, 0.25) is 0 Å². The van der Waals surface area contributed by atoms with E-state index in [1.165, 1.54) is 18.2 Å². The highest BCUT2D eigenvalue weighted by Gasteiger charge is 1.97. The van der Waals surface area contributed by atoms with Gasteiger partial charge in [0, 0.05) is 6.08 Å². The molecule has 0 heterocycles. The van der Waals surface area contributed by atoms with Crippen molar-refractivity contribution in [3.63, 3.8) is 0 Å². The van der Waals surface area contributed by atoms with E-state index in [1.54, 1.807) is 12.1 Å². The van der Waals surface area contributed by atoms with Gasteiger partial charge in [0.05, 0.1) is 11.1 Å². The van der Waals surface area contributed by atoms with Gasteiger partial charge in [0.2, 0.25) is 0 Å². The zero-order valence-electron chi connectivity index (χ0n) is 6.09. The predicted molar refractivity (Wildman–Crippen MR) is 45.8 cm³/mol. The number of nitriles is 1. The Bertz CT molecular complexity index is 352. The van der Waals surface area contributed by atoms with Gasteiger partial charge in [-0.25, -0.2) is 4.39 Å². The Kier molecular flexibility index (Phi) is 2.84. The summed E-state index contributed by atoms with van der Waals surface area (Å²) in [5, 5.41) is 8.51. The topological polar surface area (TPSA) is 23.8 Å². The number of rotatable bonds is 1. The van der Waals surface area contributed by atoms with E-state index in [2.05, 4.69) is 0 Å². The van der Waals surface area contributed by atoms with Crippen LogP contribution in [0.15, 0.2) is 30.3 Å². The third kappa shape index (κ3) is 2.08. The molecule has 0 aliphatic heterocycles. The third-order valence-electron chi connectivity index (χ3n) is 1.29. The Morgan fingerprint density at radius 3 is 2.92 bits per heavy atom. The molecule has 3 heteroatoms. The highest BCUT2D eigenvalue weighted by atomic mass is 35.5. The minimum atomic E-state index is -0.364. The fourth-order valence-electron chi connectivity index (χ4n) is 0.777. The second-order valence-electron chi connectivity index (χ2n) is 2.13. The molecule has 0 bridgehead atoms. The van der Waals surface area contributed by atoms with E-state index in [-0.39, 0.29) is 10.8 Å². The summed E-state index contributed by atoms with van der Waals surface area (Å²) in [6.07, 6.45) is 1.16. The summed E-state index contributed by atoms with van der Waals surface area (Å²) >= 11 is 5.65. The molecule has 0 unspecified atom stereocenters. The van der Waals surface area contributed by atoms with Gasteiger partial charge in [-0.05, 0) is 17.7 Å². The highest BCUT2D eigenvalue weighted by Crippen LogP contribution is 2.18. The normalized spacial score (nSPS) is 10.9. The molecule has 60 valence electrons. The average Bonchev–Trinajstić information content (AvgIpc) is 2.05. The van der Waals surface area contributed by atoms with Crippen LogP contribution in [0.1, 0.15) is 5.56 Å². The number of nitrogens with zero attached hydrogens (tertiary/aromatic N) is 1. The average molecular weight is 182 g/mol. The van der Waals surface area contributed by atoms with Crippen LogP contribution in [-0.2, 0) is 0 Å². The molecule has 1 aromatic rings. The van der Waals surface area contributed by atoms with Crippen molar-refractivity contribution >= 4 is 16.6 Å². The van der Waals surface area contributed by atoms with Gasteiger partial charge >= 0.3 is 0 Å². The number of hydrogen-bond acceptors (Lipinski definition) is 1. The molecule has 1 aromatic carbocycles. The zero-order valence-corrected chi connectivity index (χ0v) is 6.85. The van der Waals surface area contributed by atoms with E-state index in [9.17, 15) is 4.39 Å². The molecule has 0 saturated carbocycles.